The van der Waals surface area contributed by atoms with Crippen LogP contribution in [0.15, 0.2) is 60.7 Å². The monoisotopic (exact) mass is 446 g/mol. The van der Waals surface area contributed by atoms with Gasteiger partial charge in [-0.2, -0.15) is 0 Å². The summed E-state index contributed by atoms with van der Waals surface area (Å²) >= 11 is 13.3. The molecule has 3 aromatic rings. The minimum absolute atomic E-state index is 0.0958. The fraction of sp³-hybridized carbons (Fsp3) is 0.0909. The second-order valence-electron chi connectivity index (χ2n) is 6.93. The highest BCUT2D eigenvalue weighted by atomic mass is 35.5. The molecule has 0 spiro atoms. The predicted octanol–water partition coefficient (Wildman–Crippen LogP) is 5.19. The van der Waals surface area contributed by atoms with E-state index in [1.54, 1.807) is 0 Å². The molecule has 0 radical (unpaired) electrons. The third-order valence-electron chi connectivity index (χ3n) is 5.19. The summed E-state index contributed by atoms with van der Waals surface area (Å²) in [7, 11) is 0. The number of fused-ring (bicyclic) bond motifs is 2. The van der Waals surface area contributed by atoms with Crippen molar-refractivity contribution in [3.05, 3.63) is 106 Å². The Morgan fingerprint density at radius 1 is 0.633 bits per heavy atom. The minimum atomic E-state index is -1.73. The number of esters is 2. The maximum atomic E-state index is 13.3. The molecule has 0 aliphatic carbocycles. The highest BCUT2D eigenvalue weighted by Gasteiger charge is 2.52. The molecule has 0 aromatic heterocycles. The van der Waals surface area contributed by atoms with Gasteiger partial charge in [-0.1, -0.05) is 47.5 Å². The molecule has 0 fully saturated rings. The summed E-state index contributed by atoms with van der Waals surface area (Å²) in [6.07, 6.45) is 0. The Balaban J connectivity index is 1.69. The molecule has 2 heterocycles. The molecular weight excluding hydrogens is 437 g/mol. The lowest BCUT2D eigenvalue weighted by Gasteiger charge is -2.23. The van der Waals surface area contributed by atoms with E-state index in [1.165, 1.54) is 60.7 Å². The lowest BCUT2D eigenvalue weighted by molar-refractivity contribution is 0.0363. The quantitative estimate of drug-likeness (QED) is 0.401. The van der Waals surface area contributed by atoms with Crippen LogP contribution < -0.4 is 0 Å². The molecule has 0 saturated heterocycles. The lowest BCUT2D eigenvalue weighted by Crippen LogP contribution is -2.21. The molecule has 2 aliphatic heterocycles. The second-order valence-corrected chi connectivity index (χ2v) is 7.99. The van der Waals surface area contributed by atoms with E-state index < -0.39 is 33.7 Å². The zero-order chi connectivity index (χ0) is 21.3. The standard InChI is InChI=1S/C22H10Cl2F2O4/c23-21(11-1-5-13(25)6-2-11)17-9-16-18(10-15(17)19(27)29-21)22(24,30-20(16)28)12-3-7-14(26)8-4-12/h1-10H/t21-,22+. The van der Waals surface area contributed by atoms with Gasteiger partial charge < -0.3 is 9.47 Å². The van der Waals surface area contributed by atoms with Gasteiger partial charge in [0.2, 0.25) is 10.1 Å². The van der Waals surface area contributed by atoms with Crippen molar-refractivity contribution in [2.75, 3.05) is 0 Å². The van der Waals surface area contributed by atoms with E-state index >= 15 is 0 Å². The third-order valence-corrected chi connectivity index (χ3v) is 6.19. The summed E-state index contributed by atoms with van der Waals surface area (Å²) in [5, 5.41) is -3.47. The van der Waals surface area contributed by atoms with E-state index in [0.717, 1.165) is 0 Å². The van der Waals surface area contributed by atoms with Crippen LogP contribution in [-0.2, 0) is 19.6 Å². The maximum absolute atomic E-state index is 13.3. The largest absolute Gasteiger partial charge is 0.431 e. The van der Waals surface area contributed by atoms with E-state index in [1.807, 2.05) is 0 Å². The Kier molecular flexibility index (Phi) is 3.98. The summed E-state index contributed by atoms with van der Waals surface area (Å²) in [5.41, 5.74) is 1.27. The number of rotatable bonds is 2. The summed E-state index contributed by atoms with van der Waals surface area (Å²) in [6.45, 7) is 0. The molecule has 4 nitrogen and oxygen atoms in total. The molecule has 0 amide bonds. The van der Waals surface area contributed by atoms with E-state index in [9.17, 15) is 18.4 Å². The fourth-order valence-corrected chi connectivity index (χ4v) is 4.41. The van der Waals surface area contributed by atoms with Crippen molar-refractivity contribution in [3.8, 4) is 0 Å². The number of alkyl halides is 2. The molecule has 8 heteroatoms. The summed E-state index contributed by atoms with van der Waals surface area (Å²) in [6, 6.07) is 13.1. The Morgan fingerprint density at radius 3 is 1.30 bits per heavy atom. The number of hydrogen-bond acceptors (Lipinski definition) is 4. The van der Waals surface area contributed by atoms with Crippen molar-refractivity contribution in [3.63, 3.8) is 0 Å². The number of carbonyl (C=O) groups is 2. The molecule has 150 valence electrons. The Hall–Kier alpha value is -2.96. The molecule has 0 bridgehead atoms. The van der Waals surface area contributed by atoms with Crippen LogP contribution in [0.5, 0.6) is 0 Å². The topological polar surface area (TPSA) is 52.6 Å². The number of hydrogen-bond donors (Lipinski definition) is 0. The number of ether oxygens (including phenoxy) is 2. The van der Waals surface area contributed by atoms with Crippen LogP contribution in [0.3, 0.4) is 0 Å². The predicted molar refractivity (Wildman–Crippen MR) is 103 cm³/mol. The van der Waals surface area contributed by atoms with Gasteiger partial charge in [-0.05, 0) is 36.4 Å². The zero-order valence-electron chi connectivity index (χ0n) is 14.9. The van der Waals surface area contributed by atoms with E-state index in [-0.39, 0.29) is 22.3 Å². The van der Waals surface area contributed by atoms with Gasteiger partial charge >= 0.3 is 11.9 Å². The van der Waals surface area contributed by atoms with Crippen molar-refractivity contribution in [2.24, 2.45) is 0 Å². The molecule has 2 atom stereocenters. The SMILES string of the molecule is O=C1O[C@@](Cl)(c2ccc(F)cc2)c2cc3c(cc21)[C@@](Cl)(c1ccc(F)cc1)OC3=O. The van der Waals surface area contributed by atoms with E-state index in [0.29, 0.717) is 11.1 Å². The highest BCUT2D eigenvalue weighted by molar-refractivity contribution is 6.29. The number of halogens is 4. The van der Waals surface area contributed by atoms with Gasteiger partial charge in [0.05, 0.1) is 11.1 Å². The van der Waals surface area contributed by atoms with Crippen LogP contribution in [-0.4, -0.2) is 11.9 Å². The first kappa shape index (κ1) is 19.0. The van der Waals surface area contributed by atoms with Gasteiger partial charge in [-0.3, -0.25) is 0 Å². The van der Waals surface area contributed by atoms with Gasteiger partial charge in [0, 0.05) is 22.3 Å². The lowest BCUT2D eigenvalue weighted by atomic mass is 9.91. The van der Waals surface area contributed by atoms with Crippen LogP contribution in [0.2, 0.25) is 0 Å². The van der Waals surface area contributed by atoms with Crippen molar-refractivity contribution in [1.82, 2.24) is 0 Å². The maximum Gasteiger partial charge on any atom is 0.340 e. The first-order chi connectivity index (χ1) is 14.2. The fourth-order valence-electron chi connectivity index (χ4n) is 3.70. The molecule has 0 saturated carbocycles. The van der Waals surface area contributed by atoms with Crippen LogP contribution >= 0.6 is 23.2 Å². The van der Waals surface area contributed by atoms with Crippen LogP contribution in [0.4, 0.5) is 8.78 Å². The van der Waals surface area contributed by atoms with Crippen LogP contribution in [0.1, 0.15) is 43.0 Å². The highest BCUT2D eigenvalue weighted by Crippen LogP contribution is 2.51. The van der Waals surface area contributed by atoms with Gasteiger partial charge in [-0.25, -0.2) is 18.4 Å². The van der Waals surface area contributed by atoms with Crippen molar-refractivity contribution in [1.29, 1.82) is 0 Å². The smallest absolute Gasteiger partial charge is 0.340 e. The zero-order valence-corrected chi connectivity index (χ0v) is 16.4. The van der Waals surface area contributed by atoms with Crippen molar-refractivity contribution in [2.45, 2.75) is 10.1 Å². The Bertz CT molecular complexity index is 1130. The molecule has 5 rings (SSSR count). The molecular formula is C22H10Cl2F2O4. The summed E-state index contributed by atoms with van der Waals surface area (Å²) < 4.78 is 37.5. The van der Waals surface area contributed by atoms with Crippen molar-refractivity contribution < 1.29 is 27.8 Å². The summed E-state index contributed by atoms with van der Waals surface area (Å²) in [5.74, 6) is -2.42. The normalized spacial score (nSPS) is 24.3. The van der Waals surface area contributed by atoms with Gasteiger partial charge in [0.25, 0.3) is 0 Å². The van der Waals surface area contributed by atoms with E-state index in [2.05, 4.69) is 0 Å². The van der Waals surface area contributed by atoms with Crippen LogP contribution in [0.25, 0.3) is 0 Å². The Morgan fingerprint density at radius 2 is 0.967 bits per heavy atom. The Labute approximate surface area is 178 Å². The first-order valence-electron chi connectivity index (χ1n) is 8.78. The number of benzene rings is 3. The minimum Gasteiger partial charge on any atom is -0.431 e. The summed E-state index contributed by atoms with van der Waals surface area (Å²) in [4.78, 5) is 25.2. The third kappa shape index (κ3) is 2.57. The van der Waals surface area contributed by atoms with Crippen molar-refractivity contribution >= 4 is 35.1 Å². The van der Waals surface area contributed by atoms with E-state index in [4.69, 9.17) is 32.7 Å². The molecule has 0 N–H and O–H groups in total. The first-order valence-corrected chi connectivity index (χ1v) is 9.53. The molecule has 0 unspecified atom stereocenters. The molecule has 3 aromatic carbocycles. The molecule has 2 aliphatic rings. The van der Waals surface area contributed by atoms with Gasteiger partial charge in [0.15, 0.2) is 0 Å². The van der Waals surface area contributed by atoms with Gasteiger partial charge in [0.1, 0.15) is 11.6 Å². The second kappa shape index (κ2) is 6.27. The van der Waals surface area contributed by atoms with Gasteiger partial charge in [-0.15, -0.1) is 0 Å². The molecule has 30 heavy (non-hydrogen) atoms. The van der Waals surface area contributed by atoms with Crippen LogP contribution in [0, 0.1) is 11.6 Å². The number of carbonyl (C=O) groups excluding carboxylic acids is 2. The number of cyclic esters (lactones) is 2. The average molecular weight is 447 g/mol. The average Bonchev–Trinajstić information content (AvgIpc) is 3.13.